The Morgan fingerprint density at radius 3 is 2.35 bits per heavy atom. The van der Waals surface area contributed by atoms with E-state index >= 15 is 0 Å². The molecular weight excluding hydrogens is 248 g/mol. The number of likely N-dealkylation sites (tertiary alicyclic amines) is 1. The molecule has 3 fully saturated rings. The third-order valence-corrected chi connectivity index (χ3v) is 5.89. The summed E-state index contributed by atoms with van der Waals surface area (Å²) < 4.78 is 0. The van der Waals surface area contributed by atoms with Crippen LogP contribution in [0.25, 0.3) is 0 Å². The topological polar surface area (TPSA) is 35.7 Å². The van der Waals surface area contributed by atoms with Crippen molar-refractivity contribution in [3.8, 4) is 0 Å². The zero-order valence-corrected chi connectivity index (χ0v) is 13.2. The predicted octanol–water partition coefficient (Wildman–Crippen LogP) is 0.970. The Balaban J connectivity index is 1.60. The van der Waals surface area contributed by atoms with Crippen molar-refractivity contribution in [3.63, 3.8) is 0 Å². The largest absolute Gasteiger partial charge is 0.329 e. The molecular formula is C16H32N4. The lowest BCUT2D eigenvalue weighted by Gasteiger charge is -2.47. The first-order valence-electron chi connectivity index (χ1n) is 8.69. The van der Waals surface area contributed by atoms with Crippen LogP contribution in [0.5, 0.6) is 0 Å². The van der Waals surface area contributed by atoms with Crippen LogP contribution in [-0.2, 0) is 0 Å². The molecule has 0 amide bonds. The zero-order valence-electron chi connectivity index (χ0n) is 13.2. The molecule has 0 aromatic heterocycles. The smallest absolute Gasteiger partial charge is 0.0345 e. The minimum Gasteiger partial charge on any atom is -0.329 e. The molecule has 3 aliphatic rings. The van der Waals surface area contributed by atoms with Gasteiger partial charge in [0.25, 0.3) is 0 Å². The molecule has 116 valence electrons. The lowest BCUT2D eigenvalue weighted by molar-refractivity contribution is 0.0241. The van der Waals surface area contributed by atoms with E-state index in [4.69, 9.17) is 5.73 Å². The predicted molar refractivity (Wildman–Crippen MR) is 83.9 cm³/mol. The van der Waals surface area contributed by atoms with Crippen molar-refractivity contribution in [2.24, 2.45) is 5.73 Å². The summed E-state index contributed by atoms with van der Waals surface area (Å²) in [5, 5.41) is 0. The van der Waals surface area contributed by atoms with Crippen molar-refractivity contribution in [2.75, 3.05) is 52.4 Å². The van der Waals surface area contributed by atoms with Gasteiger partial charge in [0.15, 0.2) is 0 Å². The van der Waals surface area contributed by atoms with E-state index in [1.807, 2.05) is 0 Å². The Labute approximate surface area is 124 Å². The summed E-state index contributed by atoms with van der Waals surface area (Å²) in [5.74, 6) is 0. The van der Waals surface area contributed by atoms with Gasteiger partial charge in [-0.3, -0.25) is 9.80 Å². The molecule has 3 rings (SSSR count). The van der Waals surface area contributed by atoms with Crippen LogP contribution in [0, 0.1) is 0 Å². The molecule has 1 unspecified atom stereocenters. The standard InChI is InChI=1S/C16H32N4/c1-2-18-8-3-6-16(14-17,7-9-18)20-12-10-19(11-13-20)15-4-5-15/h15H,2-14,17H2,1H3. The van der Waals surface area contributed by atoms with Crippen LogP contribution in [0.4, 0.5) is 0 Å². The summed E-state index contributed by atoms with van der Waals surface area (Å²) in [6, 6.07) is 0.927. The highest BCUT2D eigenvalue weighted by Gasteiger charge is 2.40. The highest BCUT2D eigenvalue weighted by molar-refractivity contribution is 4.98. The first-order chi connectivity index (χ1) is 9.77. The van der Waals surface area contributed by atoms with Gasteiger partial charge in [0.05, 0.1) is 0 Å². The number of hydrogen-bond acceptors (Lipinski definition) is 4. The van der Waals surface area contributed by atoms with E-state index in [0.29, 0.717) is 5.54 Å². The minimum absolute atomic E-state index is 0.291. The average Bonchev–Trinajstić information content (AvgIpc) is 3.34. The average molecular weight is 280 g/mol. The van der Waals surface area contributed by atoms with Gasteiger partial charge in [0, 0.05) is 44.3 Å². The second-order valence-electron chi connectivity index (χ2n) is 6.97. The quantitative estimate of drug-likeness (QED) is 0.832. The van der Waals surface area contributed by atoms with Gasteiger partial charge in [-0.1, -0.05) is 6.92 Å². The van der Waals surface area contributed by atoms with Crippen molar-refractivity contribution in [1.82, 2.24) is 14.7 Å². The maximum Gasteiger partial charge on any atom is 0.0345 e. The van der Waals surface area contributed by atoms with Crippen LogP contribution in [0.3, 0.4) is 0 Å². The van der Waals surface area contributed by atoms with E-state index in [9.17, 15) is 0 Å². The number of piperazine rings is 1. The van der Waals surface area contributed by atoms with E-state index in [1.54, 1.807) is 0 Å². The van der Waals surface area contributed by atoms with Crippen LogP contribution in [-0.4, -0.2) is 78.6 Å². The molecule has 20 heavy (non-hydrogen) atoms. The van der Waals surface area contributed by atoms with Gasteiger partial charge >= 0.3 is 0 Å². The van der Waals surface area contributed by atoms with Gasteiger partial charge in [-0.15, -0.1) is 0 Å². The molecule has 0 spiro atoms. The number of rotatable bonds is 4. The molecule has 1 aliphatic carbocycles. The van der Waals surface area contributed by atoms with Crippen LogP contribution in [0.1, 0.15) is 39.0 Å². The molecule has 2 heterocycles. The molecule has 0 aromatic carbocycles. The molecule has 2 saturated heterocycles. The van der Waals surface area contributed by atoms with Crippen LogP contribution in [0.15, 0.2) is 0 Å². The maximum absolute atomic E-state index is 6.26. The molecule has 1 saturated carbocycles. The Kier molecular flexibility index (Phi) is 4.65. The van der Waals surface area contributed by atoms with Crippen LogP contribution in [0.2, 0.25) is 0 Å². The fourth-order valence-corrected chi connectivity index (χ4v) is 4.20. The molecule has 0 radical (unpaired) electrons. The van der Waals surface area contributed by atoms with E-state index in [-0.39, 0.29) is 0 Å². The van der Waals surface area contributed by atoms with Crippen molar-refractivity contribution >= 4 is 0 Å². The fourth-order valence-electron chi connectivity index (χ4n) is 4.20. The number of hydrogen-bond donors (Lipinski definition) is 1. The first-order valence-corrected chi connectivity index (χ1v) is 8.69. The third-order valence-electron chi connectivity index (χ3n) is 5.89. The van der Waals surface area contributed by atoms with Crippen molar-refractivity contribution in [2.45, 2.75) is 50.6 Å². The lowest BCUT2D eigenvalue weighted by Crippen LogP contribution is -2.60. The van der Waals surface area contributed by atoms with Crippen LogP contribution >= 0.6 is 0 Å². The van der Waals surface area contributed by atoms with Crippen molar-refractivity contribution < 1.29 is 0 Å². The van der Waals surface area contributed by atoms with E-state index in [0.717, 1.165) is 12.6 Å². The Bertz CT molecular complexity index is 310. The van der Waals surface area contributed by atoms with Gasteiger partial charge < -0.3 is 10.6 Å². The Hall–Kier alpha value is -0.160. The second kappa shape index (κ2) is 6.30. The van der Waals surface area contributed by atoms with Crippen molar-refractivity contribution in [1.29, 1.82) is 0 Å². The summed E-state index contributed by atoms with van der Waals surface area (Å²) in [5.41, 5.74) is 6.55. The highest BCUT2D eigenvalue weighted by atomic mass is 15.3. The third kappa shape index (κ3) is 3.03. The SMILES string of the molecule is CCN1CCCC(CN)(N2CCN(C3CC3)CC2)CC1. The molecule has 0 aromatic rings. The summed E-state index contributed by atoms with van der Waals surface area (Å²) in [6.45, 7) is 11.8. The normalized spacial score (nSPS) is 35.1. The highest BCUT2D eigenvalue weighted by Crippen LogP contribution is 2.32. The van der Waals surface area contributed by atoms with Gasteiger partial charge in [-0.2, -0.15) is 0 Å². The summed E-state index contributed by atoms with van der Waals surface area (Å²) >= 11 is 0. The van der Waals surface area contributed by atoms with Gasteiger partial charge in [-0.05, 0) is 51.7 Å². The molecule has 4 heteroatoms. The molecule has 2 N–H and O–H groups in total. The van der Waals surface area contributed by atoms with Gasteiger partial charge in [0.1, 0.15) is 0 Å². The Morgan fingerprint density at radius 2 is 1.75 bits per heavy atom. The molecule has 4 nitrogen and oxygen atoms in total. The Morgan fingerprint density at radius 1 is 1.00 bits per heavy atom. The monoisotopic (exact) mass is 280 g/mol. The van der Waals surface area contributed by atoms with E-state index < -0.39 is 0 Å². The summed E-state index contributed by atoms with van der Waals surface area (Å²) in [4.78, 5) is 8.04. The first kappa shape index (κ1) is 14.8. The van der Waals surface area contributed by atoms with Gasteiger partial charge in [-0.25, -0.2) is 0 Å². The van der Waals surface area contributed by atoms with E-state index in [2.05, 4.69) is 21.6 Å². The van der Waals surface area contributed by atoms with Crippen molar-refractivity contribution in [3.05, 3.63) is 0 Å². The summed E-state index contributed by atoms with van der Waals surface area (Å²) in [7, 11) is 0. The second-order valence-corrected chi connectivity index (χ2v) is 6.97. The minimum atomic E-state index is 0.291. The number of nitrogens with zero attached hydrogens (tertiary/aromatic N) is 3. The molecule has 1 atom stereocenters. The maximum atomic E-state index is 6.26. The lowest BCUT2D eigenvalue weighted by atomic mass is 9.87. The zero-order chi connectivity index (χ0) is 14.0. The van der Waals surface area contributed by atoms with Crippen LogP contribution < -0.4 is 5.73 Å². The van der Waals surface area contributed by atoms with Gasteiger partial charge in [0.2, 0.25) is 0 Å². The number of nitrogens with two attached hydrogens (primary N) is 1. The summed E-state index contributed by atoms with van der Waals surface area (Å²) in [6.07, 6.45) is 6.75. The van der Waals surface area contributed by atoms with E-state index in [1.165, 1.54) is 77.9 Å². The molecule has 0 bridgehead atoms. The fraction of sp³-hybridized carbons (Fsp3) is 1.00. The molecule has 2 aliphatic heterocycles.